The van der Waals surface area contributed by atoms with Crippen molar-refractivity contribution < 1.29 is 4.39 Å². The number of nitrogens with zero attached hydrogens (tertiary/aromatic N) is 1. The van der Waals surface area contributed by atoms with Crippen LogP contribution in [0.1, 0.15) is 24.0 Å². The monoisotopic (exact) mass is 236 g/mol. The summed E-state index contributed by atoms with van der Waals surface area (Å²) in [5.74, 6) is -0.149. The molecule has 1 atom stereocenters. The molecular formula is C14H21FN2. The van der Waals surface area contributed by atoms with Gasteiger partial charge in [-0.1, -0.05) is 6.07 Å². The molecule has 2 rings (SSSR count). The van der Waals surface area contributed by atoms with E-state index in [0.29, 0.717) is 6.04 Å². The fourth-order valence-corrected chi connectivity index (χ4v) is 2.44. The summed E-state index contributed by atoms with van der Waals surface area (Å²) in [6.45, 7) is 5.12. The van der Waals surface area contributed by atoms with Gasteiger partial charge < -0.3 is 10.2 Å². The molecule has 1 heterocycles. The first-order valence-corrected chi connectivity index (χ1v) is 6.32. The summed E-state index contributed by atoms with van der Waals surface area (Å²) in [6.07, 6.45) is 2.50. The molecule has 1 unspecified atom stereocenters. The van der Waals surface area contributed by atoms with Crippen molar-refractivity contribution in [3.8, 4) is 0 Å². The SMILES string of the molecule is Cc1cc(F)ccc1CNC1CCCN(C)C1. The Bertz CT molecular complexity index is 378. The van der Waals surface area contributed by atoms with E-state index in [1.54, 1.807) is 6.07 Å². The number of piperidine rings is 1. The van der Waals surface area contributed by atoms with E-state index in [2.05, 4.69) is 17.3 Å². The molecule has 0 aliphatic carbocycles. The van der Waals surface area contributed by atoms with Crippen LogP contribution in [0.25, 0.3) is 0 Å². The highest BCUT2D eigenvalue weighted by atomic mass is 19.1. The molecule has 2 nitrogen and oxygen atoms in total. The molecule has 1 saturated heterocycles. The molecule has 0 saturated carbocycles. The molecule has 1 N–H and O–H groups in total. The van der Waals surface area contributed by atoms with Gasteiger partial charge in [0.05, 0.1) is 0 Å². The summed E-state index contributed by atoms with van der Waals surface area (Å²) >= 11 is 0. The third-order valence-electron chi connectivity index (χ3n) is 3.51. The maximum absolute atomic E-state index is 13.0. The number of rotatable bonds is 3. The Hall–Kier alpha value is -0.930. The number of nitrogens with one attached hydrogen (secondary N) is 1. The molecule has 1 aromatic rings. The molecule has 0 aromatic heterocycles. The zero-order valence-electron chi connectivity index (χ0n) is 10.7. The van der Waals surface area contributed by atoms with Crippen LogP contribution >= 0.6 is 0 Å². The van der Waals surface area contributed by atoms with Crippen molar-refractivity contribution >= 4 is 0 Å². The van der Waals surface area contributed by atoms with Crippen LogP contribution in [0.5, 0.6) is 0 Å². The Labute approximate surface area is 103 Å². The Balaban J connectivity index is 1.88. The summed E-state index contributed by atoms with van der Waals surface area (Å²) in [5, 5.41) is 3.56. The second-order valence-electron chi connectivity index (χ2n) is 5.05. The average molecular weight is 236 g/mol. The largest absolute Gasteiger partial charge is 0.309 e. The Morgan fingerprint density at radius 2 is 2.29 bits per heavy atom. The molecule has 3 heteroatoms. The van der Waals surface area contributed by atoms with E-state index in [9.17, 15) is 4.39 Å². The van der Waals surface area contributed by atoms with Crippen LogP contribution in [-0.4, -0.2) is 31.1 Å². The van der Waals surface area contributed by atoms with E-state index >= 15 is 0 Å². The van der Waals surface area contributed by atoms with E-state index in [1.807, 2.05) is 13.0 Å². The maximum Gasteiger partial charge on any atom is 0.123 e. The van der Waals surface area contributed by atoms with E-state index < -0.39 is 0 Å². The van der Waals surface area contributed by atoms with Crippen molar-refractivity contribution in [2.24, 2.45) is 0 Å². The van der Waals surface area contributed by atoms with Gasteiger partial charge in [-0.3, -0.25) is 0 Å². The van der Waals surface area contributed by atoms with E-state index in [4.69, 9.17) is 0 Å². The van der Waals surface area contributed by atoms with Gasteiger partial charge in [-0.15, -0.1) is 0 Å². The van der Waals surface area contributed by atoms with Crippen LogP contribution in [0.4, 0.5) is 4.39 Å². The van der Waals surface area contributed by atoms with Gasteiger partial charge in [0.2, 0.25) is 0 Å². The number of likely N-dealkylation sites (tertiary alicyclic amines) is 1. The summed E-state index contributed by atoms with van der Waals surface area (Å²) in [7, 11) is 2.16. The number of aryl methyl sites for hydroxylation is 1. The zero-order valence-corrected chi connectivity index (χ0v) is 10.7. The van der Waals surface area contributed by atoms with Crippen LogP contribution in [0.15, 0.2) is 18.2 Å². The average Bonchev–Trinajstić information content (AvgIpc) is 2.28. The van der Waals surface area contributed by atoms with Gasteiger partial charge in [-0.2, -0.15) is 0 Å². The fourth-order valence-electron chi connectivity index (χ4n) is 2.44. The smallest absolute Gasteiger partial charge is 0.123 e. The molecule has 0 amide bonds. The van der Waals surface area contributed by atoms with Crippen LogP contribution in [0.3, 0.4) is 0 Å². The number of hydrogen-bond donors (Lipinski definition) is 1. The van der Waals surface area contributed by atoms with E-state index in [1.165, 1.54) is 31.0 Å². The molecule has 1 fully saturated rings. The number of halogens is 1. The highest BCUT2D eigenvalue weighted by Gasteiger charge is 2.16. The summed E-state index contributed by atoms with van der Waals surface area (Å²) < 4.78 is 13.0. The van der Waals surface area contributed by atoms with Crippen LogP contribution in [0, 0.1) is 12.7 Å². The minimum absolute atomic E-state index is 0.149. The van der Waals surface area contributed by atoms with Gasteiger partial charge in [-0.05, 0) is 56.6 Å². The van der Waals surface area contributed by atoms with Gasteiger partial charge in [0.15, 0.2) is 0 Å². The Morgan fingerprint density at radius 3 is 3.00 bits per heavy atom. The summed E-state index contributed by atoms with van der Waals surface area (Å²) in [4.78, 5) is 2.36. The molecular weight excluding hydrogens is 215 g/mol. The van der Waals surface area contributed by atoms with Crippen LogP contribution < -0.4 is 5.32 Å². The second kappa shape index (κ2) is 5.61. The normalized spacial score (nSPS) is 21.7. The highest BCUT2D eigenvalue weighted by Crippen LogP contribution is 2.12. The number of hydrogen-bond acceptors (Lipinski definition) is 2. The minimum Gasteiger partial charge on any atom is -0.309 e. The lowest BCUT2D eigenvalue weighted by atomic mass is 10.0. The number of benzene rings is 1. The van der Waals surface area contributed by atoms with Gasteiger partial charge >= 0.3 is 0 Å². The predicted molar refractivity (Wildman–Crippen MR) is 68.5 cm³/mol. The van der Waals surface area contributed by atoms with Crippen molar-refractivity contribution in [3.05, 3.63) is 35.1 Å². The first-order chi connectivity index (χ1) is 8.15. The van der Waals surface area contributed by atoms with Crippen LogP contribution in [-0.2, 0) is 6.54 Å². The van der Waals surface area contributed by atoms with Gasteiger partial charge in [-0.25, -0.2) is 4.39 Å². The molecule has 17 heavy (non-hydrogen) atoms. The molecule has 0 bridgehead atoms. The van der Waals surface area contributed by atoms with Gasteiger partial charge in [0.25, 0.3) is 0 Å². The Morgan fingerprint density at radius 1 is 1.47 bits per heavy atom. The third-order valence-corrected chi connectivity index (χ3v) is 3.51. The molecule has 0 radical (unpaired) electrons. The molecule has 1 aliphatic heterocycles. The third kappa shape index (κ3) is 3.51. The predicted octanol–water partition coefficient (Wildman–Crippen LogP) is 2.32. The molecule has 94 valence electrons. The fraction of sp³-hybridized carbons (Fsp3) is 0.571. The topological polar surface area (TPSA) is 15.3 Å². The molecule has 0 spiro atoms. The lowest BCUT2D eigenvalue weighted by molar-refractivity contribution is 0.226. The highest BCUT2D eigenvalue weighted by molar-refractivity contribution is 5.26. The lowest BCUT2D eigenvalue weighted by Gasteiger charge is -2.30. The van der Waals surface area contributed by atoms with E-state index in [-0.39, 0.29) is 5.82 Å². The van der Waals surface area contributed by atoms with Gasteiger partial charge in [0.1, 0.15) is 5.82 Å². The standard InChI is InChI=1S/C14H21FN2/c1-11-8-13(15)6-5-12(11)9-16-14-4-3-7-17(2)10-14/h5-6,8,14,16H,3-4,7,9-10H2,1-2H3. The zero-order chi connectivity index (χ0) is 12.3. The van der Waals surface area contributed by atoms with Crippen molar-refractivity contribution in [1.29, 1.82) is 0 Å². The minimum atomic E-state index is -0.149. The van der Waals surface area contributed by atoms with Crippen molar-refractivity contribution in [2.45, 2.75) is 32.4 Å². The van der Waals surface area contributed by atoms with Crippen molar-refractivity contribution in [1.82, 2.24) is 10.2 Å². The maximum atomic E-state index is 13.0. The Kier molecular flexibility index (Phi) is 4.13. The lowest BCUT2D eigenvalue weighted by Crippen LogP contribution is -2.43. The quantitative estimate of drug-likeness (QED) is 0.866. The van der Waals surface area contributed by atoms with E-state index in [0.717, 1.165) is 18.7 Å². The molecule has 1 aliphatic rings. The van der Waals surface area contributed by atoms with Crippen molar-refractivity contribution in [3.63, 3.8) is 0 Å². The second-order valence-corrected chi connectivity index (χ2v) is 5.05. The van der Waals surface area contributed by atoms with Crippen molar-refractivity contribution in [2.75, 3.05) is 20.1 Å². The summed E-state index contributed by atoms with van der Waals surface area (Å²) in [6, 6.07) is 5.59. The summed E-state index contributed by atoms with van der Waals surface area (Å²) in [5.41, 5.74) is 2.22. The first kappa shape index (κ1) is 12.5. The number of likely N-dealkylation sites (N-methyl/N-ethyl adjacent to an activating group) is 1. The molecule has 1 aromatic carbocycles. The van der Waals surface area contributed by atoms with Crippen LogP contribution in [0.2, 0.25) is 0 Å². The first-order valence-electron chi connectivity index (χ1n) is 6.32. The van der Waals surface area contributed by atoms with Gasteiger partial charge in [0, 0.05) is 19.1 Å².